The van der Waals surface area contributed by atoms with Gasteiger partial charge in [0, 0.05) is 87.0 Å². The first-order chi connectivity index (χ1) is 35.4. The van der Waals surface area contributed by atoms with Crippen LogP contribution in [-0.4, -0.2) is 127 Å². The van der Waals surface area contributed by atoms with Crippen LogP contribution in [-0.2, 0) is 16.0 Å². The number of hydrogen-bond acceptors (Lipinski definition) is 13. The second-order valence-electron chi connectivity index (χ2n) is 18.4. The number of carbonyl (C=O) groups is 4. The predicted octanol–water partition coefficient (Wildman–Crippen LogP) is 10.1. The second kappa shape index (κ2) is 27.3. The topological polar surface area (TPSA) is 197 Å². The molecule has 3 aliphatic rings. The minimum atomic E-state index is -0.559. The number of aromatic nitrogens is 1. The monoisotopic (exact) mass is 1040 g/mol. The highest BCUT2D eigenvalue weighted by atomic mass is 35.5. The number of piperidine rings is 2. The summed E-state index contributed by atoms with van der Waals surface area (Å²) < 4.78 is 7.60. The Morgan fingerprint density at radius 1 is 0.973 bits per heavy atom. The van der Waals surface area contributed by atoms with E-state index in [4.69, 9.17) is 37.1 Å². The number of aliphatic hydroxyl groups is 2. The zero-order valence-corrected chi connectivity index (χ0v) is 44.5. The highest BCUT2D eigenvalue weighted by Gasteiger charge is 2.39. The summed E-state index contributed by atoms with van der Waals surface area (Å²) in [6.07, 6.45) is 14.1. The van der Waals surface area contributed by atoms with Gasteiger partial charge in [-0.05, 0) is 130 Å². The Labute approximate surface area is 437 Å². The number of nitrogens with one attached hydrogen (secondary N) is 2. The lowest BCUT2D eigenvalue weighted by Gasteiger charge is -2.44. The molecular formula is C56H71ClN6O9S. The molecule has 2 saturated heterocycles. The standard InChI is InChI=1S/C33H36N4O2.C21H25ClN2O3S.2CH4O.H2O2/c1-4-6-10-30(32(38)34-3)37-29-14-13-26(27-8-7-9-28(31(27)29)33(37)39)23-15-17-35(18-16-23)25-19-24-12-11-22(5-2)20-36(24)21-25;1-21(2)12-16(7-8-24(21)3)23-15-6-4-5-14(11-15)20-18(22)19(27-10-9-25)17(13-26)28-20;3*1-2/h4,7-9,11-14,19-21,23,30H,1,5-6,10,15-18H2,2-3H3,(H,34,38);4-6,9,11,13,16,23H,7-8,10,12H2,1-3H3;2*2H,1H3;1-2H. The van der Waals surface area contributed by atoms with Crippen molar-refractivity contribution in [2.24, 2.45) is 0 Å². The van der Waals surface area contributed by atoms with Crippen molar-refractivity contribution < 1.29 is 44.6 Å². The van der Waals surface area contributed by atoms with Gasteiger partial charge in [0.15, 0.2) is 18.3 Å². The van der Waals surface area contributed by atoms with Crippen molar-refractivity contribution in [1.82, 2.24) is 14.6 Å². The molecule has 6 heterocycles. The van der Waals surface area contributed by atoms with Gasteiger partial charge >= 0.3 is 0 Å². The lowest BCUT2D eigenvalue weighted by molar-refractivity contribution is -0.176. The molecule has 2 atom stereocenters. The molecule has 3 aliphatic heterocycles. The molecule has 392 valence electrons. The number of likely N-dealkylation sites (N-methyl/N-ethyl adjacent to an activating group) is 1. The van der Waals surface area contributed by atoms with Crippen LogP contribution in [0.5, 0.6) is 5.75 Å². The molecule has 9 rings (SSSR count). The molecular weight excluding hydrogens is 968 g/mol. The number of halogens is 1. The van der Waals surface area contributed by atoms with Crippen LogP contribution in [0.25, 0.3) is 26.7 Å². The number of rotatable bonds is 15. The number of carbonyl (C=O) groups excluding carboxylic acids is 4. The lowest BCUT2D eigenvalue weighted by atomic mass is 9.85. The number of fused-ring (bicyclic) bond motifs is 1. The molecule has 6 aromatic rings. The predicted molar refractivity (Wildman–Crippen MR) is 296 cm³/mol. The molecule has 0 saturated carbocycles. The van der Waals surface area contributed by atoms with Gasteiger partial charge in [-0.1, -0.05) is 61.0 Å². The van der Waals surface area contributed by atoms with E-state index in [0.29, 0.717) is 52.8 Å². The number of aryl methyl sites for hydroxylation is 1. The normalized spacial score (nSPS) is 16.3. The first-order valence-corrected chi connectivity index (χ1v) is 25.7. The Morgan fingerprint density at radius 3 is 2.36 bits per heavy atom. The molecule has 73 heavy (non-hydrogen) atoms. The number of pyridine rings is 1. The van der Waals surface area contributed by atoms with Crippen molar-refractivity contribution in [2.75, 3.05) is 69.7 Å². The van der Waals surface area contributed by atoms with Crippen LogP contribution in [0.2, 0.25) is 5.02 Å². The molecule has 6 N–H and O–H groups in total. The van der Waals surface area contributed by atoms with Gasteiger partial charge in [0.05, 0.1) is 16.3 Å². The summed E-state index contributed by atoms with van der Waals surface area (Å²) in [4.78, 5) is 56.2. The van der Waals surface area contributed by atoms with Crippen molar-refractivity contribution in [2.45, 2.75) is 89.3 Å². The summed E-state index contributed by atoms with van der Waals surface area (Å²) in [7, 11) is 5.80. The fraction of sp³-hybridized carbons (Fsp3) is 0.393. The number of benzene rings is 3. The molecule has 0 bridgehead atoms. The Kier molecular flexibility index (Phi) is 21.6. The van der Waals surface area contributed by atoms with Gasteiger partial charge in [0.2, 0.25) is 5.91 Å². The minimum absolute atomic E-state index is 0.0905. The summed E-state index contributed by atoms with van der Waals surface area (Å²) in [5.41, 5.74) is 8.80. The molecule has 15 nitrogen and oxygen atoms in total. The average molecular weight is 1040 g/mol. The molecule has 0 spiro atoms. The molecule has 17 heteroatoms. The van der Waals surface area contributed by atoms with E-state index >= 15 is 0 Å². The summed E-state index contributed by atoms with van der Waals surface area (Å²) in [6.45, 7) is 13.4. The number of anilines is 3. The van der Waals surface area contributed by atoms with Crippen LogP contribution in [0, 0.1) is 0 Å². The van der Waals surface area contributed by atoms with Crippen molar-refractivity contribution in [3.63, 3.8) is 0 Å². The van der Waals surface area contributed by atoms with Crippen LogP contribution in [0.1, 0.15) is 96.4 Å². The minimum Gasteiger partial charge on any atom is -0.483 e. The Bertz CT molecular complexity index is 2820. The van der Waals surface area contributed by atoms with Gasteiger partial charge < -0.3 is 39.8 Å². The number of ether oxygens (including phenoxy) is 1. The molecule has 2 fully saturated rings. The summed E-state index contributed by atoms with van der Waals surface area (Å²) in [5.74, 6) is 0.465. The van der Waals surface area contributed by atoms with Gasteiger partial charge in [-0.25, -0.2) is 0 Å². The van der Waals surface area contributed by atoms with E-state index in [1.165, 1.54) is 33.7 Å². The van der Waals surface area contributed by atoms with E-state index in [0.717, 1.165) is 98.5 Å². The lowest BCUT2D eigenvalue weighted by Crippen LogP contribution is -2.50. The van der Waals surface area contributed by atoms with E-state index in [-0.39, 0.29) is 29.7 Å². The Morgan fingerprint density at radius 2 is 1.70 bits per heavy atom. The maximum atomic E-state index is 13.6. The van der Waals surface area contributed by atoms with Crippen molar-refractivity contribution in [1.29, 1.82) is 0 Å². The van der Waals surface area contributed by atoms with Crippen LogP contribution in [0.4, 0.5) is 17.1 Å². The number of nitrogens with zero attached hydrogens (tertiary/aromatic N) is 4. The highest BCUT2D eigenvalue weighted by Crippen LogP contribution is 2.46. The van der Waals surface area contributed by atoms with Crippen molar-refractivity contribution >= 4 is 80.7 Å². The van der Waals surface area contributed by atoms with Gasteiger partial charge in [0.25, 0.3) is 5.91 Å². The average Bonchev–Trinajstić information content (AvgIpc) is 4.09. The molecule has 0 radical (unpaired) electrons. The highest BCUT2D eigenvalue weighted by molar-refractivity contribution is 7.18. The van der Waals surface area contributed by atoms with Gasteiger partial charge in [-0.2, -0.15) is 0 Å². The third-order valence-corrected chi connectivity index (χ3v) is 15.6. The van der Waals surface area contributed by atoms with E-state index in [9.17, 15) is 19.2 Å². The first kappa shape index (κ1) is 57.8. The first-order valence-electron chi connectivity index (χ1n) is 24.5. The largest absolute Gasteiger partial charge is 0.483 e. The smallest absolute Gasteiger partial charge is 0.259 e. The zero-order valence-electron chi connectivity index (χ0n) is 42.9. The summed E-state index contributed by atoms with van der Waals surface area (Å²) in [6, 6.07) is 24.8. The van der Waals surface area contributed by atoms with Crippen molar-refractivity contribution in [3.8, 4) is 16.2 Å². The summed E-state index contributed by atoms with van der Waals surface area (Å²) in [5, 5.41) is 34.9. The fourth-order valence-electron chi connectivity index (χ4n) is 10.0. The second-order valence-corrected chi connectivity index (χ2v) is 19.9. The summed E-state index contributed by atoms with van der Waals surface area (Å²) >= 11 is 7.73. The van der Waals surface area contributed by atoms with Gasteiger partial charge in [-0.15, -0.1) is 17.9 Å². The molecule has 2 unspecified atom stereocenters. The number of aldehydes is 2. The van der Waals surface area contributed by atoms with E-state index in [1.54, 1.807) is 18.0 Å². The number of thiophene rings is 1. The van der Waals surface area contributed by atoms with Gasteiger partial charge in [0.1, 0.15) is 22.5 Å². The third-order valence-electron chi connectivity index (χ3n) is 13.9. The number of aliphatic hydroxyl groups excluding tert-OH is 2. The third kappa shape index (κ3) is 13.0. The molecule has 3 aromatic heterocycles. The van der Waals surface area contributed by atoms with Crippen LogP contribution in [0.3, 0.4) is 0 Å². The number of allylic oxidation sites excluding steroid dienone is 1. The maximum Gasteiger partial charge on any atom is 0.259 e. The fourth-order valence-corrected chi connectivity index (χ4v) is 11.4. The Balaban J connectivity index is 0.000000257. The number of amides is 2. The molecule has 2 amide bonds. The SMILES string of the molecule is C=CCCC(C(=O)NC)N1C(=O)c2cccc3c(C4CCN(c5cc6ccc(CC)cn6c5)CC4)ccc1c23.CN1CCC(Nc2cccc(-c3sc(C=O)c(OCC=O)c3Cl)c2)CC1(C)C.CO.CO.OO. The van der Waals surface area contributed by atoms with Crippen LogP contribution in [0.15, 0.2) is 97.8 Å². The van der Waals surface area contributed by atoms with Crippen LogP contribution < -0.4 is 25.2 Å². The zero-order chi connectivity index (χ0) is 53.4. The van der Waals surface area contributed by atoms with E-state index < -0.39 is 6.04 Å². The maximum absolute atomic E-state index is 13.6. The Hall–Kier alpha value is -6.11. The quantitative estimate of drug-likeness (QED) is 0.0247. The van der Waals surface area contributed by atoms with E-state index in [1.807, 2.05) is 36.4 Å². The van der Waals surface area contributed by atoms with Crippen LogP contribution >= 0.6 is 22.9 Å². The molecule has 0 aliphatic carbocycles. The van der Waals surface area contributed by atoms with Crippen molar-refractivity contribution in [3.05, 3.63) is 124 Å². The van der Waals surface area contributed by atoms with E-state index in [2.05, 4.69) is 108 Å². The number of hydrogen-bond donors (Lipinski definition) is 6. The number of likely N-dealkylation sites (tertiary alicyclic amines) is 1. The van der Waals surface area contributed by atoms with Gasteiger partial charge in [-0.3, -0.25) is 34.6 Å². The molecule has 3 aromatic carbocycles.